The highest BCUT2D eigenvalue weighted by Gasteiger charge is 2.16. The quantitative estimate of drug-likeness (QED) is 0.298. The number of ketones is 1. The maximum absolute atomic E-state index is 13.2. The van der Waals surface area contributed by atoms with Gasteiger partial charge in [-0.25, -0.2) is 4.39 Å². The first kappa shape index (κ1) is 20.5. The van der Waals surface area contributed by atoms with Gasteiger partial charge in [0.15, 0.2) is 12.4 Å². The molecule has 3 aromatic rings. The molecule has 8 nitrogen and oxygen atoms in total. The number of para-hydroxylation sites is 2. The number of halogens is 1. The molecule has 2 aromatic carbocycles. The number of carbonyl (C=O) groups excluding carboxylic acids is 2. The van der Waals surface area contributed by atoms with Gasteiger partial charge < -0.3 is 9.47 Å². The van der Waals surface area contributed by atoms with Crippen molar-refractivity contribution in [2.75, 3.05) is 19.0 Å². The zero-order valence-electron chi connectivity index (χ0n) is 15.4. The molecule has 0 saturated carbocycles. The van der Waals surface area contributed by atoms with Gasteiger partial charge in [0.2, 0.25) is 5.16 Å². The Morgan fingerprint density at radius 3 is 2.79 bits per heavy atom. The van der Waals surface area contributed by atoms with Crippen molar-refractivity contribution < 1.29 is 23.5 Å². The third-order valence-electron chi connectivity index (χ3n) is 3.66. The number of benzene rings is 2. The van der Waals surface area contributed by atoms with E-state index in [4.69, 9.17) is 9.47 Å². The van der Waals surface area contributed by atoms with Gasteiger partial charge in [-0.1, -0.05) is 36.0 Å². The summed E-state index contributed by atoms with van der Waals surface area (Å²) < 4.78 is 25.2. The molecule has 0 aliphatic carbocycles. The average molecular weight is 416 g/mol. The lowest BCUT2D eigenvalue weighted by atomic mass is 10.1. The normalized spacial score (nSPS) is 10.6. The number of rotatable bonds is 9. The molecule has 0 radical (unpaired) electrons. The molecule has 3 rings (SSSR count). The minimum Gasteiger partial charge on any atom is -0.492 e. The first-order valence-electron chi connectivity index (χ1n) is 8.66. The van der Waals surface area contributed by atoms with Crippen LogP contribution >= 0.6 is 11.8 Å². The van der Waals surface area contributed by atoms with E-state index in [9.17, 15) is 14.0 Å². The fraction of sp³-hybridized carbons (Fsp3) is 0.211. The summed E-state index contributed by atoms with van der Waals surface area (Å²) in [6.45, 7) is 1.88. The van der Waals surface area contributed by atoms with Crippen LogP contribution in [0.3, 0.4) is 0 Å². The van der Waals surface area contributed by atoms with Crippen molar-refractivity contribution in [3.63, 3.8) is 0 Å². The maximum Gasteiger partial charge on any atom is 0.316 e. The highest BCUT2D eigenvalue weighted by Crippen LogP contribution is 2.25. The van der Waals surface area contributed by atoms with Crippen molar-refractivity contribution in [1.29, 1.82) is 0 Å². The number of aromatic nitrogens is 4. The Hall–Kier alpha value is -3.27. The molecular weight excluding hydrogens is 399 g/mol. The molecule has 0 fully saturated rings. The van der Waals surface area contributed by atoms with Crippen LogP contribution in [-0.2, 0) is 9.53 Å². The van der Waals surface area contributed by atoms with E-state index in [1.807, 2.05) is 19.1 Å². The Balaban J connectivity index is 1.58. The molecule has 1 aromatic heterocycles. The SMILES string of the molecule is CCOc1ccccc1-n1nnnc1SCC(=O)OCC(=O)c1cccc(F)c1. The number of carbonyl (C=O) groups is 2. The predicted molar refractivity (Wildman–Crippen MR) is 103 cm³/mol. The van der Waals surface area contributed by atoms with Crippen molar-refractivity contribution >= 4 is 23.5 Å². The van der Waals surface area contributed by atoms with Gasteiger partial charge in [-0.3, -0.25) is 9.59 Å². The third-order valence-corrected chi connectivity index (χ3v) is 4.56. The Morgan fingerprint density at radius 2 is 2.00 bits per heavy atom. The van der Waals surface area contributed by atoms with E-state index in [0.29, 0.717) is 23.2 Å². The zero-order valence-corrected chi connectivity index (χ0v) is 16.3. The number of esters is 1. The van der Waals surface area contributed by atoms with Crippen molar-refractivity contribution in [3.05, 3.63) is 59.9 Å². The minimum atomic E-state index is -0.618. The lowest BCUT2D eigenvalue weighted by Crippen LogP contribution is -2.16. The Bertz CT molecular complexity index is 1010. The lowest BCUT2D eigenvalue weighted by Gasteiger charge is -2.10. The molecule has 10 heteroatoms. The topological polar surface area (TPSA) is 96.2 Å². The molecule has 0 atom stereocenters. The highest BCUT2D eigenvalue weighted by atomic mass is 32.2. The van der Waals surface area contributed by atoms with Crippen molar-refractivity contribution in [3.8, 4) is 11.4 Å². The number of ether oxygens (including phenoxy) is 2. The largest absolute Gasteiger partial charge is 0.492 e. The number of thioether (sulfide) groups is 1. The number of Topliss-reactive ketones (excluding diaryl/α,β-unsaturated/α-hetero) is 1. The molecule has 1 heterocycles. The first-order chi connectivity index (χ1) is 14.1. The molecule has 29 heavy (non-hydrogen) atoms. The molecule has 0 aliphatic rings. The van der Waals surface area contributed by atoms with Gasteiger partial charge in [-0.05, 0) is 41.6 Å². The average Bonchev–Trinajstić information content (AvgIpc) is 3.19. The van der Waals surface area contributed by atoms with Crippen LogP contribution in [0.5, 0.6) is 5.75 Å². The Kier molecular flexibility index (Phi) is 6.90. The maximum atomic E-state index is 13.2. The van der Waals surface area contributed by atoms with Crippen molar-refractivity contribution in [2.24, 2.45) is 0 Å². The summed E-state index contributed by atoms with van der Waals surface area (Å²) in [6, 6.07) is 12.4. The zero-order chi connectivity index (χ0) is 20.6. The summed E-state index contributed by atoms with van der Waals surface area (Å²) in [5.41, 5.74) is 0.776. The van der Waals surface area contributed by atoms with Gasteiger partial charge in [0, 0.05) is 5.56 Å². The van der Waals surface area contributed by atoms with Crippen molar-refractivity contribution in [2.45, 2.75) is 12.1 Å². The van der Waals surface area contributed by atoms with Gasteiger partial charge in [-0.15, -0.1) is 5.10 Å². The summed E-state index contributed by atoms with van der Waals surface area (Å²) >= 11 is 1.06. The molecule has 0 amide bonds. The molecule has 0 N–H and O–H groups in total. The van der Waals surface area contributed by atoms with Crippen LogP contribution in [-0.4, -0.2) is 50.9 Å². The monoisotopic (exact) mass is 416 g/mol. The summed E-state index contributed by atoms with van der Waals surface area (Å²) in [6.07, 6.45) is 0. The fourth-order valence-corrected chi connectivity index (χ4v) is 3.07. The van der Waals surface area contributed by atoms with E-state index < -0.39 is 24.2 Å². The second-order valence-corrected chi connectivity index (χ2v) is 6.60. The van der Waals surface area contributed by atoms with E-state index in [-0.39, 0.29) is 11.3 Å². The predicted octanol–water partition coefficient (Wildman–Crippen LogP) is 2.72. The standard InChI is InChI=1S/C19H17FN4O4S/c1-2-27-17-9-4-3-8-15(17)24-19(21-22-23-24)29-12-18(26)28-11-16(25)13-6-5-7-14(20)10-13/h3-10H,2,11-12H2,1H3. The summed E-state index contributed by atoms with van der Waals surface area (Å²) in [5, 5.41) is 11.9. The van der Waals surface area contributed by atoms with Crippen LogP contribution in [0.25, 0.3) is 5.69 Å². The number of tetrazole rings is 1. The van der Waals surface area contributed by atoms with Gasteiger partial charge in [0.1, 0.15) is 17.3 Å². The van der Waals surface area contributed by atoms with Crippen LogP contribution in [0.15, 0.2) is 53.7 Å². The van der Waals surface area contributed by atoms with Gasteiger partial charge in [-0.2, -0.15) is 4.68 Å². The van der Waals surface area contributed by atoms with E-state index in [1.165, 1.54) is 22.9 Å². The molecule has 0 aliphatic heterocycles. The minimum absolute atomic E-state index is 0.104. The van der Waals surface area contributed by atoms with Gasteiger partial charge in [0.05, 0.1) is 12.4 Å². The highest BCUT2D eigenvalue weighted by molar-refractivity contribution is 7.99. The van der Waals surface area contributed by atoms with E-state index in [1.54, 1.807) is 12.1 Å². The fourth-order valence-electron chi connectivity index (χ4n) is 2.39. The van der Waals surface area contributed by atoms with E-state index >= 15 is 0 Å². The summed E-state index contributed by atoms with van der Waals surface area (Å²) in [4.78, 5) is 24.0. The van der Waals surface area contributed by atoms with E-state index in [2.05, 4.69) is 15.5 Å². The molecule has 150 valence electrons. The van der Waals surface area contributed by atoms with Crippen LogP contribution < -0.4 is 4.74 Å². The lowest BCUT2D eigenvalue weighted by molar-refractivity contribution is -0.139. The molecule has 0 bridgehead atoms. The van der Waals surface area contributed by atoms with Gasteiger partial charge >= 0.3 is 5.97 Å². The van der Waals surface area contributed by atoms with Crippen molar-refractivity contribution in [1.82, 2.24) is 20.2 Å². The smallest absolute Gasteiger partial charge is 0.316 e. The number of hydrogen-bond acceptors (Lipinski definition) is 8. The molecule has 0 spiro atoms. The molecular formula is C19H17FN4O4S. The summed E-state index contributed by atoms with van der Waals surface area (Å²) in [5.74, 6) is -1.14. The first-order valence-corrected chi connectivity index (χ1v) is 9.64. The molecule has 0 unspecified atom stereocenters. The van der Waals surface area contributed by atoms with Crippen LogP contribution in [0.4, 0.5) is 4.39 Å². The van der Waals surface area contributed by atoms with Crippen LogP contribution in [0, 0.1) is 5.82 Å². The summed E-state index contributed by atoms with van der Waals surface area (Å²) in [7, 11) is 0. The Morgan fingerprint density at radius 1 is 1.17 bits per heavy atom. The number of nitrogens with zero attached hydrogens (tertiary/aromatic N) is 4. The van der Waals surface area contributed by atoms with E-state index in [0.717, 1.165) is 17.8 Å². The van der Waals surface area contributed by atoms with Gasteiger partial charge in [0.25, 0.3) is 0 Å². The molecule has 0 saturated heterocycles. The third kappa shape index (κ3) is 5.38. The van der Waals surface area contributed by atoms with Crippen LogP contribution in [0.1, 0.15) is 17.3 Å². The van der Waals surface area contributed by atoms with Crippen LogP contribution in [0.2, 0.25) is 0 Å². The Labute approximate surface area is 170 Å². The second-order valence-electron chi connectivity index (χ2n) is 5.66. The second kappa shape index (κ2) is 9.78. The number of hydrogen-bond donors (Lipinski definition) is 0.